The number of hydrogen-bond donors (Lipinski definition) is 0. The summed E-state index contributed by atoms with van der Waals surface area (Å²) in [5.74, 6) is -0.00700. The number of alkyl halides is 1. The van der Waals surface area contributed by atoms with Gasteiger partial charge in [0.2, 0.25) is 0 Å². The van der Waals surface area contributed by atoms with Crippen molar-refractivity contribution in [3.05, 3.63) is 27.4 Å². The second-order valence-corrected chi connectivity index (χ2v) is 6.11. The summed E-state index contributed by atoms with van der Waals surface area (Å²) in [5, 5.41) is 0.896. The number of rotatable bonds is 4. The fraction of sp³-hybridized carbons (Fsp3) is 0.455. The molecule has 0 unspecified atom stereocenters. The molecule has 0 aromatic heterocycles. The third kappa shape index (κ3) is 3.90. The summed E-state index contributed by atoms with van der Waals surface area (Å²) in [4.78, 5) is 0. The molecule has 0 radical (unpaired) electrons. The van der Waals surface area contributed by atoms with Gasteiger partial charge in [-0.3, -0.25) is 0 Å². The Balaban J connectivity index is 2.79. The van der Waals surface area contributed by atoms with Gasteiger partial charge < -0.3 is 4.74 Å². The van der Waals surface area contributed by atoms with Crippen LogP contribution < -0.4 is 4.74 Å². The van der Waals surface area contributed by atoms with E-state index in [9.17, 15) is 4.39 Å². The van der Waals surface area contributed by atoms with Crippen LogP contribution in [-0.4, -0.2) is 11.9 Å². The molecule has 1 aromatic carbocycles. The highest BCUT2D eigenvalue weighted by atomic mass is 79.9. The van der Waals surface area contributed by atoms with E-state index < -0.39 is 5.82 Å². The third-order valence-corrected chi connectivity index (χ3v) is 4.38. The number of hydrogen-bond acceptors (Lipinski definition) is 1. The zero-order valence-corrected chi connectivity index (χ0v) is 12.9. The molecule has 90 valence electrons. The molecule has 0 aliphatic rings. The van der Waals surface area contributed by atoms with Gasteiger partial charge in [0.25, 0.3) is 0 Å². The summed E-state index contributed by atoms with van der Waals surface area (Å²) >= 11 is 12.3. The molecule has 0 N–H and O–H groups in total. The van der Waals surface area contributed by atoms with Crippen molar-refractivity contribution in [2.45, 2.75) is 13.8 Å². The minimum atomic E-state index is -0.475. The summed E-state index contributed by atoms with van der Waals surface area (Å²) in [5.41, 5.74) is -0.00441. The van der Waals surface area contributed by atoms with E-state index in [1.807, 2.05) is 0 Å². The second-order valence-electron chi connectivity index (χ2n) is 4.28. The van der Waals surface area contributed by atoms with Crippen molar-refractivity contribution in [3.63, 3.8) is 0 Å². The predicted octanol–water partition coefficient (Wildman–Crippen LogP) is 5.04. The van der Waals surface area contributed by atoms with E-state index in [1.165, 1.54) is 12.1 Å². The van der Waals surface area contributed by atoms with E-state index >= 15 is 0 Å². The first-order valence-corrected chi connectivity index (χ1v) is 6.98. The van der Waals surface area contributed by atoms with Crippen molar-refractivity contribution in [3.8, 4) is 5.75 Å². The highest BCUT2D eigenvalue weighted by Crippen LogP contribution is 2.31. The van der Waals surface area contributed by atoms with Gasteiger partial charge in [0, 0.05) is 16.8 Å². The van der Waals surface area contributed by atoms with Gasteiger partial charge >= 0.3 is 0 Å². The maximum Gasteiger partial charge on any atom is 0.145 e. The van der Waals surface area contributed by atoms with Crippen LogP contribution >= 0.6 is 43.5 Å². The monoisotopic (exact) mass is 372 g/mol. The maximum atomic E-state index is 13.2. The summed E-state index contributed by atoms with van der Waals surface area (Å²) in [6.45, 7) is 4.61. The standard InChI is InChI=1S/C11H12Br2ClFO/c1-11(2,5-12)6-16-10-4-9(15)8(14)3-7(10)13/h3-4H,5-6H2,1-2H3. The van der Waals surface area contributed by atoms with Crippen LogP contribution in [0.3, 0.4) is 0 Å². The zero-order valence-electron chi connectivity index (χ0n) is 8.99. The van der Waals surface area contributed by atoms with Crippen molar-refractivity contribution in [2.24, 2.45) is 5.41 Å². The van der Waals surface area contributed by atoms with Crippen molar-refractivity contribution >= 4 is 43.5 Å². The first-order chi connectivity index (χ1) is 7.35. The fourth-order valence-electron chi connectivity index (χ4n) is 0.927. The number of benzene rings is 1. The van der Waals surface area contributed by atoms with E-state index in [-0.39, 0.29) is 10.4 Å². The molecule has 0 spiro atoms. The highest BCUT2D eigenvalue weighted by molar-refractivity contribution is 9.10. The van der Waals surface area contributed by atoms with Gasteiger partial charge in [0.15, 0.2) is 0 Å². The van der Waals surface area contributed by atoms with Crippen LogP contribution in [0.4, 0.5) is 4.39 Å². The average molecular weight is 374 g/mol. The van der Waals surface area contributed by atoms with Gasteiger partial charge in [0.05, 0.1) is 16.1 Å². The molecule has 1 aromatic rings. The van der Waals surface area contributed by atoms with Gasteiger partial charge in [-0.2, -0.15) is 0 Å². The Morgan fingerprint density at radius 1 is 1.44 bits per heavy atom. The Bertz CT molecular complexity index is 382. The molecule has 0 saturated carbocycles. The van der Waals surface area contributed by atoms with Crippen LogP contribution in [0.1, 0.15) is 13.8 Å². The molecule has 1 rings (SSSR count). The number of halogens is 4. The molecule has 0 atom stereocenters. The van der Waals surface area contributed by atoms with Gasteiger partial charge in [-0.1, -0.05) is 41.4 Å². The Labute approximate surface area is 117 Å². The summed E-state index contributed by atoms with van der Waals surface area (Å²) in [6.07, 6.45) is 0. The van der Waals surface area contributed by atoms with Crippen LogP contribution in [0, 0.1) is 11.2 Å². The second kappa shape index (κ2) is 5.69. The van der Waals surface area contributed by atoms with Crippen molar-refractivity contribution in [1.29, 1.82) is 0 Å². The van der Waals surface area contributed by atoms with Crippen LogP contribution in [-0.2, 0) is 0 Å². The van der Waals surface area contributed by atoms with Crippen LogP contribution in [0.2, 0.25) is 5.02 Å². The molecule has 5 heteroatoms. The highest BCUT2D eigenvalue weighted by Gasteiger charge is 2.18. The molecule has 1 nitrogen and oxygen atoms in total. The van der Waals surface area contributed by atoms with E-state index in [2.05, 4.69) is 45.7 Å². The maximum absolute atomic E-state index is 13.2. The van der Waals surface area contributed by atoms with Crippen molar-refractivity contribution in [2.75, 3.05) is 11.9 Å². The van der Waals surface area contributed by atoms with Crippen LogP contribution in [0.25, 0.3) is 0 Å². The molecule has 0 aliphatic carbocycles. The minimum absolute atomic E-state index is 0.00441. The molecule has 0 heterocycles. The van der Waals surface area contributed by atoms with E-state index in [1.54, 1.807) is 0 Å². The lowest BCUT2D eigenvalue weighted by atomic mass is 9.98. The quantitative estimate of drug-likeness (QED) is 0.530. The molecular formula is C11H12Br2ClFO. The van der Waals surface area contributed by atoms with Crippen molar-refractivity contribution in [1.82, 2.24) is 0 Å². The predicted molar refractivity (Wildman–Crippen MR) is 72.2 cm³/mol. The van der Waals surface area contributed by atoms with E-state index in [0.29, 0.717) is 16.8 Å². The first kappa shape index (κ1) is 14.3. The van der Waals surface area contributed by atoms with E-state index in [4.69, 9.17) is 16.3 Å². The topological polar surface area (TPSA) is 9.23 Å². The summed E-state index contributed by atoms with van der Waals surface area (Å²) in [7, 11) is 0. The summed E-state index contributed by atoms with van der Waals surface area (Å²) < 4.78 is 19.4. The normalized spacial score (nSPS) is 11.6. The van der Waals surface area contributed by atoms with Gasteiger partial charge in [-0.15, -0.1) is 0 Å². The number of ether oxygens (including phenoxy) is 1. The van der Waals surface area contributed by atoms with Gasteiger partial charge in [-0.25, -0.2) is 4.39 Å². The molecule has 0 saturated heterocycles. The van der Waals surface area contributed by atoms with Crippen LogP contribution in [0.15, 0.2) is 16.6 Å². The van der Waals surface area contributed by atoms with Crippen molar-refractivity contribution < 1.29 is 9.13 Å². The zero-order chi connectivity index (χ0) is 12.3. The molecule has 16 heavy (non-hydrogen) atoms. The minimum Gasteiger partial charge on any atom is -0.492 e. The Hall–Kier alpha value is 0.200. The molecule has 0 bridgehead atoms. The Kier molecular flexibility index (Phi) is 5.08. The van der Waals surface area contributed by atoms with Gasteiger partial charge in [0.1, 0.15) is 11.6 Å². The fourth-order valence-corrected chi connectivity index (χ4v) is 1.84. The first-order valence-electron chi connectivity index (χ1n) is 4.69. The Morgan fingerprint density at radius 2 is 2.06 bits per heavy atom. The largest absolute Gasteiger partial charge is 0.492 e. The smallest absolute Gasteiger partial charge is 0.145 e. The molecule has 0 amide bonds. The Morgan fingerprint density at radius 3 is 2.62 bits per heavy atom. The van der Waals surface area contributed by atoms with Crippen LogP contribution in [0.5, 0.6) is 5.75 Å². The third-order valence-electron chi connectivity index (χ3n) is 1.95. The lowest BCUT2D eigenvalue weighted by Gasteiger charge is -2.22. The molecule has 0 aliphatic heterocycles. The lowest BCUT2D eigenvalue weighted by molar-refractivity contribution is 0.201. The van der Waals surface area contributed by atoms with E-state index in [0.717, 1.165) is 5.33 Å². The molecule has 0 fully saturated rings. The average Bonchev–Trinajstić information content (AvgIpc) is 2.22. The SMILES string of the molecule is CC(C)(CBr)COc1cc(F)c(Cl)cc1Br. The summed E-state index contributed by atoms with van der Waals surface area (Å²) in [6, 6.07) is 2.78. The molecular weight excluding hydrogens is 362 g/mol. The lowest BCUT2D eigenvalue weighted by Crippen LogP contribution is -2.22. The van der Waals surface area contributed by atoms with Gasteiger partial charge in [-0.05, 0) is 22.0 Å².